The summed E-state index contributed by atoms with van der Waals surface area (Å²) in [5.74, 6) is 0.572. The summed E-state index contributed by atoms with van der Waals surface area (Å²) in [7, 11) is 11.9. The van der Waals surface area contributed by atoms with Gasteiger partial charge in [-0.2, -0.15) is 0 Å². The van der Waals surface area contributed by atoms with Crippen molar-refractivity contribution in [1.82, 2.24) is 0 Å². The molecule has 0 spiro atoms. The summed E-state index contributed by atoms with van der Waals surface area (Å²) in [6, 6.07) is 64.3. The molecule has 3 aliphatic rings. The zero-order valence-corrected chi connectivity index (χ0v) is 59.9. The van der Waals surface area contributed by atoms with Crippen LogP contribution in [0.1, 0.15) is 91.3 Å². The molecular formula is C72H83Cl2Si5Zr. The number of hydrogen-bond donors (Lipinski definition) is 0. The van der Waals surface area contributed by atoms with Gasteiger partial charge in [-0.3, -0.25) is 0 Å². The monoisotopic (exact) mass is 1250 g/mol. The van der Waals surface area contributed by atoms with E-state index in [0.29, 0.717) is 0 Å². The van der Waals surface area contributed by atoms with Gasteiger partial charge in [-0.15, -0.1) is 0 Å². The molecule has 409 valence electrons. The molecule has 1 aliphatic heterocycles. The summed E-state index contributed by atoms with van der Waals surface area (Å²) >= 11 is -6.18. The Kier molecular flexibility index (Phi) is 14.8. The Morgan fingerprint density at radius 3 is 1.16 bits per heavy atom. The molecule has 8 aromatic carbocycles. The Hall–Kier alpha value is -4.21. The topological polar surface area (TPSA) is 0 Å². The Labute approximate surface area is 495 Å². The zero-order chi connectivity index (χ0) is 57.2. The molecule has 2 unspecified atom stereocenters. The average Bonchev–Trinajstić information content (AvgIpc) is 4.18. The molecule has 2 aliphatic carbocycles. The molecule has 0 aromatic heterocycles. The van der Waals surface area contributed by atoms with Gasteiger partial charge in [0.1, 0.15) is 0 Å². The van der Waals surface area contributed by atoms with Crippen LogP contribution in [0.4, 0.5) is 0 Å². The minimum absolute atomic E-state index is 0.286. The Bertz CT molecular complexity index is 3580. The fraction of sp³-hybridized carbons (Fsp3) is 0.278. The first kappa shape index (κ1) is 57.6. The van der Waals surface area contributed by atoms with Crippen LogP contribution in [-0.4, -0.2) is 41.8 Å². The molecule has 0 amide bonds. The van der Waals surface area contributed by atoms with Gasteiger partial charge < -0.3 is 0 Å². The Balaban J connectivity index is 1.31. The van der Waals surface area contributed by atoms with Crippen molar-refractivity contribution in [3.05, 3.63) is 208 Å². The Morgan fingerprint density at radius 1 is 0.400 bits per heavy atom. The van der Waals surface area contributed by atoms with Crippen molar-refractivity contribution in [2.24, 2.45) is 0 Å². The number of rotatable bonds is 13. The second-order valence-corrected chi connectivity index (χ2v) is 71.3. The van der Waals surface area contributed by atoms with Gasteiger partial charge in [-0.05, 0) is 0 Å². The van der Waals surface area contributed by atoms with Crippen LogP contribution in [0, 0.1) is 0 Å². The number of hydrogen-bond acceptors (Lipinski definition) is 0. The summed E-state index contributed by atoms with van der Waals surface area (Å²) in [6.45, 7) is 39.7. The summed E-state index contributed by atoms with van der Waals surface area (Å²) in [4.78, 5) is 0. The van der Waals surface area contributed by atoms with Gasteiger partial charge in [0.15, 0.2) is 0 Å². The van der Waals surface area contributed by atoms with Gasteiger partial charge in [-0.1, -0.05) is 0 Å². The van der Waals surface area contributed by atoms with E-state index < -0.39 is 58.2 Å². The minimum atomic E-state index is -6.18. The average molecular weight is 1250 g/mol. The molecule has 0 saturated heterocycles. The fourth-order valence-electron chi connectivity index (χ4n) is 13.8. The normalized spacial score (nSPS) is 17.0. The van der Waals surface area contributed by atoms with E-state index in [-0.39, 0.29) is 19.1 Å². The van der Waals surface area contributed by atoms with Crippen molar-refractivity contribution >= 4 is 117 Å². The van der Waals surface area contributed by atoms with Gasteiger partial charge in [0.25, 0.3) is 0 Å². The molecular weight excluding hydrogens is 1170 g/mol. The number of allylic oxidation sites excluding steroid dienone is 2. The fourth-order valence-corrected chi connectivity index (χ4v) is 45.8. The maximum atomic E-state index is 9.98. The third-order valence-corrected chi connectivity index (χ3v) is 48.8. The number of fused-ring (bicyclic) bond motifs is 5. The summed E-state index contributed by atoms with van der Waals surface area (Å²) in [6.07, 6.45) is 5.18. The van der Waals surface area contributed by atoms with Crippen molar-refractivity contribution in [3.63, 3.8) is 0 Å². The van der Waals surface area contributed by atoms with Gasteiger partial charge in [0.05, 0.1) is 0 Å². The molecule has 8 heteroatoms. The van der Waals surface area contributed by atoms with E-state index in [1.54, 1.807) is 0 Å². The van der Waals surface area contributed by atoms with Crippen molar-refractivity contribution in [2.75, 3.05) is 0 Å². The van der Waals surface area contributed by atoms with E-state index in [2.05, 4.69) is 282 Å². The molecule has 2 atom stereocenters. The molecule has 1 heterocycles. The maximum absolute atomic E-state index is 9.98. The number of benzene rings is 8. The third-order valence-electron chi connectivity index (χ3n) is 18.3. The van der Waals surface area contributed by atoms with E-state index in [9.17, 15) is 17.0 Å². The first-order chi connectivity index (χ1) is 37.5. The van der Waals surface area contributed by atoms with E-state index in [1.165, 1.54) is 123 Å². The standard InChI is InChI=1S/2C30H37Si2.C12H9Si.2ClH.Zr/c2*1-21(2)28-15-14-23-16-24(22-12-10-9-11-13-22)19-29(23)30(28)25-17-26(31(3,4)5)20-27(18-25)32(6,7)8;1-3-7-11-9(5-1)10-6-2-4-8-12(10)13-11;;;/h2*9-21H,1-8H3;1-7H,13H2;2*1H;/q;;;;;+2/p-2. The molecule has 8 aromatic rings. The Morgan fingerprint density at radius 2 is 0.775 bits per heavy atom. The van der Waals surface area contributed by atoms with Crippen LogP contribution in [0.5, 0.6) is 0 Å². The van der Waals surface area contributed by atoms with Gasteiger partial charge in [0, 0.05) is 0 Å². The number of halogens is 2. The van der Waals surface area contributed by atoms with Crippen molar-refractivity contribution in [2.45, 2.75) is 125 Å². The van der Waals surface area contributed by atoms with Crippen molar-refractivity contribution in [3.8, 4) is 33.4 Å². The van der Waals surface area contributed by atoms with E-state index in [0.717, 1.165) is 0 Å². The molecule has 0 bridgehead atoms. The van der Waals surface area contributed by atoms with E-state index in [4.69, 9.17) is 0 Å². The first-order valence-corrected chi connectivity index (χ1v) is 55.3. The zero-order valence-electron chi connectivity index (χ0n) is 50.5. The van der Waals surface area contributed by atoms with Crippen molar-refractivity contribution < 1.29 is 16.4 Å². The second-order valence-electron chi connectivity index (χ2n) is 28.6. The molecule has 0 fully saturated rings. The molecule has 0 saturated carbocycles. The van der Waals surface area contributed by atoms with Crippen LogP contribution < -0.4 is 34.4 Å². The van der Waals surface area contributed by atoms with Crippen LogP contribution in [-0.2, 0) is 16.4 Å². The molecule has 80 heavy (non-hydrogen) atoms. The predicted octanol–water partition coefficient (Wildman–Crippen LogP) is 16.8. The summed E-state index contributed by atoms with van der Waals surface area (Å²) in [5.41, 5.74) is 20.9. The molecule has 0 N–H and O–H groups in total. The second kappa shape index (κ2) is 20.5. The third kappa shape index (κ3) is 9.89. The van der Waals surface area contributed by atoms with Crippen LogP contribution in [0.15, 0.2) is 164 Å². The molecule has 0 nitrogen and oxygen atoms in total. The van der Waals surface area contributed by atoms with Crippen LogP contribution in [0.25, 0.3) is 56.7 Å². The van der Waals surface area contributed by atoms with Crippen LogP contribution >= 0.6 is 17.0 Å². The summed E-state index contributed by atoms with van der Waals surface area (Å²) in [5, 5.41) is 9.01. The van der Waals surface area contributed by atoms with Crippen LogP contribution in [0.2, 0.25) is 78.6 Å². The molecule has 0 radical (unpaired) electrons. The summed E-state index contributed by atoms with van der Waals surface area (Å²) < 4.78 is 0.646. The first-order valence-electron chi connectivity index (χ1n) is 29.5. The van der Waals surface area contributed by atoms with E-state index >= 15 is 0 Å². The van der Waals surface area contributed by atoms with Gasteiger partial charge in [-0.25, -0.2) is 0 Å². The van der Waals surface area contributed by atoms with Crippen LogP contribution in [0.3, 0.4) is 0 Å². The van der Waals surface area contributed by atoms with Gasteiger partial charge >= 0.3 is 500 Å². The SMILES string of the molecule is CC(C)c1ccc2c(c1-c1cc([Si](C)(C)C)cc([Si](C)(C)C)c1)C=C(c1ccccc1)[CH]2[Zr]([Cl])([Cl])([c]1cccc2c1[SiH2]c1ccccc1-2)[CH]1C(c2ccccc2)=Cc2c1ccc(C(C)C)c2-c1cc([Si](C)(C)C)cc([Si](C)(C)C)c1. The van der Waals surface area contributed by atoms with Crippen molar-refractivity contribution in [1.29, 1.82) is 0 Å². The van der Waals surface area contributed by atoms with Gasteiger partial charge in [0.2, 0.25) is 0 Å². The predicted molar refractivity (Wildman–Crippen MR) is 369 cm³/mol. The quantitative estimate of drug-likeness (QED) is 0.101. The molecule has 11 rings (SSSR count). The van der Waals surface area contributed by atoms with E-state index in [1.807, 2.05) is 0 Å².